The van der Waals surface area contributed by atoms with Crippen LogP contribution in [0.4, 0.5) is 0 Å². The third kappa shape index (κ3) is 2.89. The molecule has 1 aliphatic heterocycles. The Morgan fingerprint density at radius 2 is 2.24 bits per heavy atom. The van der Waals surface area contributed by atoms with Crippen molar-refractivity contribution in [3.63, 3.8) is 0 Å². The summed E-state index contributed by atoms with van der Waals surface area (Å²) in [5.74, 6) is 1.90. The van der Waals surface area contributed by atoms with Crippen LogP contribution in [-0.2, 0) is 13.1 Å². The number of aryl methyl sites for hydroxylation is 1. The molecule has 1 unspecified atom stereocenters. The maximum absolute atomic E-state index is 5.60. The van der Waals surface area contributed by atoms with Crippen molar-refractivity contribution >= 4 is 0 Å². The molecular weight excluding hydrogens is 214 g/mol. The predicted molar refractivity (Wildman–Crippen MR) is 68.7 cm³/mol. The van der Waals surface area contributed by atoms with E-state index in [1.807, 2.05) is 6.92 Å². The minimum atomic E-state index is 0.485. The van der Waals surface area contributed by atoms with Gasteiger partial charge >= 0.3 is 0 Å². The number of piperazine rings is 1. The average molecular weight is 237 g/mol. The van der Waals surface area contributed by atoms with Gasteiger partial charge in [0.15, 0.2) is 0 Å². The van der Waals surface area contributed by atoms with E-state index in [0.717, 1.165) is 37.7 Å². The molecule has 0 aromatic carbocycles. The van der Waals surface area contributed by atoms with Crippen molar-refractivity contribution < 1.29 is 4.42 Å². The number of hydrogen-bond donors (Lipinski definition) is 1. The van der Waals surface area contributed by atoms with E-state index in [1.54, 1.807) is 0 Å². The average Bonchev–Trinajstić information content (AvgIpc) is 2.64. The Bertz CT molecular complexity index is 375. The van der Waals surface area contributed by atoms with Gasteiger partial charge in [0.25, 0.3) is 0 Å². The van der Waals surface area contributed by atoms with Crippen molar-refractivity contribution in [2.75, 3.05) is 26.7 Å². The molecule has 0 radical (unpaired) electrons. The van der Waals surface area contributed by atoms with Crippen molar-refractivity contribution in [3.05, 3.63) is 23.2 Å². The lowest BCUT2D eigenvalue weighted by atomic mass is 10.1. The van der Waals surface area contributed by atoms with Crippen LogP contribution in [-0.4, -0.2) is 42.5 Å². The van der Waals surface area contributed by atoms with Crippen molar-refractivity contribution in [3.8, 4) is 0 Å². The summed E-state index contributed by atoms with van der Waals surface area (Å²) in [6.45, 7) is 9.18. The van der Waals surface area contributed by atoms with Crippen LogP contribution in [0.25, 0.3) is 0 Å². The van der Waals surface area contributed by atoms with Crippen LogP contribution in [0.2, 0.25) is 0 Å². The molecule has 0 bridgehead atoms. The smallest absolute Gasteiger partial charge is 0.118 e. The third-order valence-corrected chi connectivity index (χ3v) is 3.61. The number of nitrogens with zero attached hydrogens (tertiary/aromatic N) is 2. The molecule has 1 aromatic heterocycles. The lowest BCUT2D eigenvalue weighted by Crippen LogP contribution is -2.49. The number of likely N-dealkylation sites (N-methyl/N-ethyl adjacent to an activating group) is 1. The number of furan rings is 1. The van der Waals surface area contributed by atoms with Crippen LogP contribution in [0.15, 0.2) is 10.5 Å². The minimum absolute atomic E-state index is 0.485. The van der Waals surface area contributed by atoms with Crippen molar-refractivity contribution in [1.82, 2.24) is 9.80 Å². The molecule has 4 nitrogen and oxygen atoms in total. The Balaban J connectivity index is 2.02. The number of hydrogen-bond acceptors (Lipinski definition) is 4. The lowest BCUT2D eigenvalue weighted by Gasteiger charge is -2.38. The molecule has 1 atom stereocenters. The quantitative estimate of drug-likeness (QED) is 0.857. The van der Waals surface area contributed by atoms with E-state index in [4.69, 9.17) is 10.2 Å². The highest BCUT2D eigenvalue weighted by atomic mass is 16.3. The van der Waals surface area contributed by atoms with Crippen LogP contribution in [0.3, 0.4) is 0 Å². The van der Waals surface area contributed by atoms with Crippen molar-refractivity contribution in [1.29, 1.82) is 0 Å². The van der Waals surface area contributed by atoms with Gasteiger partial charge in [-0.25, -0.2) is 0 Å². The summed E-state index contributed by atoms with van der Waals surface area (Å²) in [6, 6.07) is 2.70. The SMILES string of the molecule is Cc1oc(CN)cc1CN1CCN(C)CC1C. The Morgan fingerprint density at radius 3 is 2.82 bits per heavy atom. The second kappa shape index (κ2) is 5.21. The van der Waals surface area contributed by atoms with Gasteiger partial charge in [-0.05, 0) is 27.0 Å². The zero-order valence-corrected chi connectivity index (χ0v) is 11.1. The normalized spacial score (nSPS) is 23.2. The van der Waals surface area contributed by atoms with Crippen molar-refractivity contribution in [2.24, 2.45) is 5.73 Å². The zero-order valence-electron chi connectivity index (χ0n) is 11.1. The first kappa shape index (κ1) is 12.6. The zero-order chi connectivity index (χ0) is 12.4. The van der Waals surface area contributed by atoms with Crippen LogP contribution < -0.4 is 5.73 Å². The maximum atomic E-state index is 5.60. The van der Waals surface area contributed by atoms with E-state index in [0.29, 0.717) is 12.6 Å². The molecule has 2 rings (SSSR count). The predicted octanol–water partition coefficient (Wildman–Crippen LogP) is 1.18. The second-order valence-corrected chi connectivity index (χ2v) is 5.08. The van der Waals surface area contributed by atoms with Gasteiger partial charge in [-0.1, -0.05) is 0 Å². The fraction of sp³-hybridized carbons (Fsp3) is 0.692. The highest BCUT2D eigenvalue weighted by Gasteiger charge is 2.22. The van der Waals surface area contributed by atoms with E-state index < -0.39 is 0 Å². The Labute approximate surface area is 103 Å². The Morgan fingerprint density at radius 1 is 1.47 bits per heavy atom. The van der Waals surface area contributed by atoms with Crippen LogP contribution in [0.1, 0.15) is 24.0 Å². The van der Waals surface area contributed by atoms with E-state index in [-0.39, 0.29) is 0 Å². The summed E-state index contributed by atoms with van der Waals surface area (Å²) in [5, 5.41) is 0. The summed E-state index contributed by atoms with van der Waals surface area (Å²) in [6.07, 6.45) is 0. The van der Waals surface area contributed by atoms with Crippen LogP contribution in [0, 0.1) is 6.92 Å². The molecule has 0 aliphatic carbocycles. The Hall–Kier alpha value is -0.840. The molecule has 1 fully saturated rings. The highest BCUT2D eigenvalue weighted by molar-refractivity contribution is 5.20. The van der Waals surface area contributed by atoms with Gasteiger partial charge in [0.05, 0.1) is 6.54 Å². The maximum Gasteiger partial charge on any atom is 0.118 e. The van der Waals surface area contributed by atoms with Crippen LogP contribution >= 0.6 is 0 Å². The van der Waals surface area contributed by atoms with Gasteiger partial charge in [-0.15, -0.1) is 0 Å². The molecule has 4 heteroatoms. The molecule has 96 valence electrons. The number of nitrogens with two attached hydrogens (primary N) is 1. The van der Waals surface area contributed by atoms with Gasteiger partial charge in [0.2, 0.25) is 0 Å². The first-order valence-corrected chi connectivity index (χ1v) is 6.31. The van der Waals surface area contributed by atoms with Gasteiger partial charge in [0, 0.05) is 37.8 Å². The topological polar surface area (TPSA) is 45.6 Å². The number of rotatable bonds is 3. The monoisotopic (exact) mass is 237 g/mol. The van der Waals surface area contributed by atoms with E-state index in [2.05, 4.69) is 29.8 Å². The van der Waals surface area contributed by atoms with Crippen LogP contribution in [0.5, 0.6) is 0 Å². The summed E-state index contributed by atoms with van der Waals surface area (Å²) < 4.78 is 5.60. The molecule has 1 aliphatic rings. The molecular formula is C13H23N3O. The summed E-state index contributed by atoms with van der Waals surface area (Å²) >= 11 is 0. The van der Waals surface area contributed by atoms with Gasteiger partial charge in [0.1, 0.15) is 11.5 Å². The molecule has 2 N–H and O–H groups in total. The fourth-order valence-corrected chi connectivity index (χ4v) is 2.48. The summed E-state index contributed by atoms with van der Waals surface area (Å²) in [4.78, 5) is 4.90. The van der Waals surface area contributed by atoms with Gasteiger partial charge < -0.3 is 15.1 Å². The molecule has 0 amide bonds. The third-order valence-electron chi connectivity index (χ3n) is 3.61. The molecule has 1 saturated heterocycles. The van der Waals surface area contributed by atoms with E-state index >= 15 is 0 Å². The lowest BCUT2D eigenvalue weighted by molar-refractivity contribution is 0.0934. The molecule has 17 heavy (non-hydrogen) atoms. The standard InChI is InChI=1S/C13H23N3O/c1-10-8-15(3)4-5-16(10)9-12-6-13(7-14)17-11(12)2/h6,10H,4-5,7-9,14H2,1-3H3. The second-order valence-electron chi connectivity index (χ2n) is 5.08. The summed E-state index contributed by atoms with van der Waals surface area (Å²) in [7, 11) is 2.18. The van der Waals surface area contributed by atoms with E-state index in [1.165, 1.54) is 5.56 Å². The highest BCUT2D eigenvalue weighted by Crippen LogP contribution is 2.19. The molecule has 0 saturated carbocycles. The van der Waals surface area contributed by atoms with Gasteiger partial charge in [-0.3, -0.25) is 4.90 Å². The minimum Gasteiger partial charge on any atom is -0.465 e. The Kier molecular flexibility index (Phi) is 3.86. The van der Waals surface area contributed by atoms with Gasteiger partial charge in [-0.2, -0.15) is 0 Å². The largest absolute Gasteiger partial charge is 0.465 e. The molecule has 1 aromatic rings. The molecule has 2 heterocycles. The van der Waals surface area contributed by atoms with Crippen molar-refractivity contribution in [2.45, 2.75) is 33.0 Å². The summed E-state index contributed by atoms with van der Waals surface area (Å²) in [5.41, 5.74) is 6.88. The fourth-order valence-electron chi connectivity index (χ4n) is 2.48. The molecule has 0 spiro atoms. The first-order valence-electron chi connectivity index (χ1n) is 6.31. The first-order chi connectivity index (χ1) is 8.10. The van der Waals surface area contributed by atoms with E-state index in [9.17, 15) is 0 Å².